The third-order valence-electron chi connectivity index (χ3n) is 3.75. The van der Waals surface area contributed by atoms with Crippen LogP contribution >= 0.6 is 0 Å². The van der Waals surface area contributed by atoms with Gasteiger partial charge in [0.25, 0.3) is 5.71 Å². The van der Waals surface area contributed by atoms with Crippen molar-refractivity contribution >= 4 is 22.9 Å². The third-order valence-corrected chi connectivity index (χ3v) is 3.75. The summed E-state index contributed by atoms with van der Waals surface area (Å²) in [5.74, 6) is 0.160. The van der Waals surface area contributed by atoms with Crippen LogP contribution in [-0.2, 0) is 4.74 Å². The molecule has 0 bridgehead atoms. The molecule has 1 fully saturated rings. The Kier molecular flexibility index (Phi) is 3.93. The summed E-state index contributed by atoms with van der Waals surface area (Å²) in [5.41, 5.74) is 1.05. The zero-order chi connectivity index (χ0) is 15.7. The van der Waals surface area contributed by atoms with Crippen molar-refractivity contribution in [1.29, 1.82) is 0 Å². The fraction of sp³-hybridized carbons (Fsp3) is 0.571. The minimum Gasteiger partial charge on any atom is -0.460 e. The lowest BCUT2D eigenvalue weighted by molar-refractivity contribution is 0.0512. The Hall–Kier alpha value is -2.22. The smallest absolute Gasteiger partial charge is 0.376 e. The first-order valence-electron chi connectivity index (χ1n) is 7.34. The molecule has 2 aromatic rings. The van der Waals surface area contributed by atoms with Crippen LogP contribution in [0.2, 0.25) is 0 Å². The first kappa shape index (κ1) is 14.7. The number of likely N-dealkylation sites (N-methyl/N-ethyl adjacent to an activating group) is 1. The number of fused-ring (bicyclic) bond motifs is 1. The van der Waals surface area contributed by atoms with Gasteiger partial charge < -0.3 is 19.1 Å². The van der Waals surface area contributed by atoms with Crippen LogP contribution in [-0.4, -0.2) is 65.8 Å². The zero-order valence-electron chi connectivity index (χ0n) is 13.0. The molecule has 0 unspecified atom stereocenters. The van der Waals surface area contributed by atoms with Gasteiger partial charge in [0.15, 0.2) is 0 Å². The standard InChI is InChI=1S/C14H19N5O3/c1-4-21-14(20)11-15-12(19-7-5-18(3)6-8-19)10-9(2)17-22-13(10)16-11/h4-8H2,1-3H3. The maximum Gasteiger partial charge on any atom is 0.376 e. The van der Waals surface area contributed by atoms with Gasteiger partial charge in [0.2, 0.25) is 5.82 Å². The van der Waals surface area contributed by atoms with Crippen LogP contribution in [0, 0.1) is 6.92 Å². The summed E-state index contributed by atoms with van der Waals surface area (Å²) in [7, 11) is 2.08. The van der Waals surface area contributed by atoms with E-state index in [1.54, 1.807) is 6.92 Å². The van der Waals surface area contributed by atoms with Crippen LogP contribution < -0.4 is 4.90 Å². The Balaban J connectivity index is 2.05. The molecule has 3 heterocycles. The van der Waals surface area contributed by atoms with Crippen molar-refractivity contribution in [2.24, 2.45) is 0 Å². The van der Waals surface area contributed by atoms with Gasteiger partial charge in [0, 0.05) is 26.2 Å². The molecule has 3 rings (SSSR count). The maximum absolute atomic E-state index is 11.9. The summed E-state index contributed by atoms with van der Waals surface area (Å²) in [6.07, 6.45) is 0. The molecule has 1 aliphatic rings. The second-order valence-corrected chi connectivity index (χ2v) is 5.33. The quantitative estimate of drug-likeness (QED) is 0.772. The number of aryl methyl sites for hydroxylation is 1. The number of aromatic nitrogens is 3. The molecule has 0 aliphatic carbocycles. The lowest BCUT2D eigenvalue weighted by atomic mass is 10.2. The molecule has 0 atom stereocenters. The molecule has 8 heteroatoms. The fourth-order valence-electron chi connectivity index (χ4n) is 2.50. The van der Waals surface area contributed by atoms with Gasteiger partial charge in [-0.05, 0) is 20.9 Å². The van der Waals surface area contributed by atoms with Crippen molar-refractivity contribution < 1.29 is 14.1 Å². The van der Waals surface area contributed by atoms with Gasteiger partial charge in [-0.25, -0.2) is 9.78 Å². The molecule has 0 spiro atoms. The number of piperazine rings is 1. The van der Waals surface area contributed by atoms with E-state index in [2.05, 4.69) is 32.0 Å². The topological polar surface area (TPSA) is 84.6 Å². The largest absolute Gasteiger partial charge is 0.460 e. The van der Waals surface area contributed by atoms with Crippen LogP contribution in [0.1, 0.15) is 23.2 Å². The normalized spacial score (nSPS) is 16.2. The van der Waals surface area contributed by atoms with Crippen molar-refractivity contribution in [3.8, 4) is 0 Å². The second kappa shape index (κ2) is 5.88. The molecule has 0 amide bonds. The number of hydrogen-bond acceptors (Lipinski definition) is 8. The van der Waals surface area contributed by atoms with Gasteiger partial charge in [0.1, 0.15) is 11.2 Å². The summed E-state index contributed by atoms with van der Waals surface area (Å²) >= 11 is 0. The van der Waals surface area contributed by atoms with E-state index in [0.717, 1.165) is 37.3 Å². The molecule has 0 aromatic carbocycles. The first-order chi connectivity index (χ1) is 10.6. The van der Waals surface area contributed by atoms with Gasteiger partial charge in [0.05, 0.1) is 12.3 Å². The lowest BCUT2D eigenvalue weighted by Gasteiger charge is -2.33. The summed E-state index contributed by atoms with van der Waals surface area (Å²) in [4.78, 5) is 24.9. The number of ether oxygens (including phenoxy) is 1. The number of nitrogens with zero attached hydrogens (tertiary/aromatic N) is 5. The van der Waals surface area contributed by atoms with Crippen LogP contribution in [0.5, 0.6) is 0 Å². The van der Waals surface area contributed by atoms with E-state index in [4.69, 9.17) is 9.26 Å². The fourth-order valence-corrected chi connectivity index (χ4v) is 2.50. The van der Waals surface area contributed by atoms with Crippen LogP contribution in [0.3, 0.4) is 0 Å². The predicted octanol–water partition coefficient (Wildman–Crippen LogP) is 0.855. The molecule has 0 N–H and O–H groups in total. The molecule has 1 saturated heterocycles. The number of carbonyl (C=O) groups excluding carboxylic acids is 1. The molecule has 0 radical (unpaired) electrons. The SMILES string of the molecule is CCOC(=O)c1nc(N2CCN(C)CC2)c2c(C)noc2n1. The molecular formula is C14H19N5O3. The average molecular weight is 305 g/mol. The van der Waals surface area contributed by atoms with Crippen molar-refractivity contribution in [2.75, 3.05) is 44.7 Å². The zero-order valence-corrected chi connectivity index (χ0v) is 13.0. The molecule has 0 saturated carbocycles. The minimum atomic E-state index is -0.547. The van der Waals surface area contributed by atoms with Crippen LogP contribution in [0.15, 0.2) is 4.52 Å². The Morgan fingerprint density at radius 3 is 2.68 bits per heavy atom. The minimum absolute atomic E-state index is 0.0134. The van der Waals surface area contributed by atoms with Crippen molar-refractivity contribution in [1.82, 2.24) is 20.0 Å². The predicted molar refractivity (Wildman–Crippen MR) is 80.0 cm³/mol. The van der Waals surface area contributed by atoms with E-state index in [1.807, 2.05) is 6.92 Å². The molecule has 2 aromatic heterocycles. The Bertz CT molecular complexity index is 691. The number of esters is 1. The van der Waals surface area contributed by atoms with E-state index < -0.39 is 5.97 Å². The number of rotatable bonds is 3. The van der Waals surface area contributed by atoms with Gasteiger partial charge in [-0.1, -0.05) is 5.16 Å². The summed E-state index contributed by atoms with van der Waals surface area (Å²) < 4.78 is 10.2. The van der Waals surface area contributed by atoms with Gasteiger partial charge in [-0.15, -0.1) is 0 Å². The molecule has 1 aliphatic heterocycles. The lowest BCUT2D eigenvalue weighted by Crippen LogP contribution is -2.45. The molecule has 118 valence electrons. The Morgan fingerprint density at radius 1 is 1.27 bits per heavy atom. The maximum atomic E-state index is 11.9. The Morgan fingerprint density at radius 2 is 2.00 bits per heavy atom. The highest BCUT2D eigenvalue weighted by Crippen LogP contribution is 2.27. The average Bonchev–Trinajstić information content (AvgIpc) is 2.89. The number of carbonyl (C=O) groups is 1. The van der Waals surface area contributed by atoms with Crippen molar-refractivity contribution in [3.63, 3.8) is 0 Å². The van der Waals surface area contributed by atoms with E-state index in [1.165, 1.54) is 0 Å². The summed E-state index contributed by atoms with van der Waals surface area (Å²) in [6, 6.07) is 0. The molecular weight excluding hydrogens is 286 g/mol. The highest BCUT2D eigenvalue weighted by Gasteiger charge is 2.24. The van der Waals surface area contributed by atoms with E-state index in [9.17, 15) is 4.79 Å². The van der Waals surface area contributed by atoms with Gasteiger partial charge in [-0.3, -0.25) is 0 Å². The van der Waals surface area contributed by atoms with E-state index in [-0.39, 0.29) is 12.4 Å². The van der Waals surface area contributed by atoms with Gasteiger partial charge >= 0.3 is 5.97 Å². The first-order valence-corrected chi connectivity index (χ1v) is 7.34. The molecule has 8 nitrogen and oxygen atoms in total. The van der Waals surface area contributed by atoms with E-state index >= 15 is 0 Å². The van der Waals surface area contributed by atoms with Crippen LogP contribution in [0.4, 0.5) is 5.82 Å². The molecule has 22 heavy (non-hydrogen) atoms. The number of hydrogen-bond donors (Lipinski definition) is 0. The highest BCUT2D eigenvalue weighted by molar-refractivity contribution is 5.93. The Labute approximate surface area is 128 Å². The highest BCUT2D eigenvalue weighted by atomic mass is 16.5. The van der Waals surface area contributed by atoms with Crippen LogP contribution in [0.25, 0.3) is 11.1 Å². The van der Waals surface area contributed by atoms with Crippen molar-refractivity contribution in [2.45, 2.75) is 13.8 Å². The summed E-state index contributed by atoms with van der Waals surface area (Å²) in [5, 5.41) is 4.71. The monoisotopic (exact) mass is 305 g/mol. The summed E-state index contributed by atoms with van der Waals surface area (Å²) in [6.45, 7) is 7.40. The van der Waals surface area contributed by atoms with Crippen molar-refractivity contribution in [3.05, 3.63) is 11.5 Å². The number of anilines is 1. The van der Waals surface area contributed by atoms with E-state index in [0.29, 0.717) is 11.5 Å². The van der Waals surface area contributed by atoms with Gasteiger partial charge in [-0.2, -0.15) is 4.98 Å². The second-order valence-electron chi connectivity index (χ2n) is 5.33. The third kappa shape index (κ3) is 2.61.